The Morgan fingerprint density at radius 1 is 1.14 bits per heavy atom. The lowest BCUT2D eigenvalue weighted by Crippen LogP contribution is -1.97. The quantitative estimate of drug-likeness (QED) is 0.388. The van der Waals surface area contributed by atoms with E-state index in [0.717, 1.165) is 37.2 Å². The highest BCUT2D eigenvalue weighted by Gasteiger charge is 2.14. The number of benzene rings is 2. The molecule has 6 heteroatoms. The molecule has 2 heterocycles. The Balaban J connectivity index is 2.19. The molecule has 0 aliphatic heterocycles. The summed E-state index contributed by atoms with van der Waals surface area (Å²) in [5.74, 6) is 0.358. The predicted molar refractivity (Wildman–Crippen MR) is 92.0 cm³/mol. The van der Waals surface area contributed by atoms with Crippen molar-refractivity contribution in [3.8, 4) is 6.07 Å². The van der Waals surface area contributed by atoms with E-state index in [2.05, 4.69) is 22.0 Å². The summed E-state index contributed by atoms with van der Waals surface area (Å²) in [5, 5.41) is 10.7. The summed E-state index contributed by atoms with van der Waals surface area (Å²) < 4.78 is 3.03. The van der Waals surface area contributed by atoms with E-state index in [0.29, 0.717) is 5.75 Å². The van der Waals surface area contributed by atoms with Gasteiger partial charge in [0, 0.05) is 9.86 Å². The minimum Gasteiger partial charge on any atom is -0.271 e. The summed E-state index contributed by atoms with van der Waals surface area (Å²) in [6.07, 6.45) is 0. The van der Waals surface area contributed by atoms with Gasteiger partial charge in [0.05, 0.1) is 28.4 Å². The van der Waals surface area contributed by atoms with E-state index in [9.17, 15) is 0 Å². The number of fused-ring (bicyclic) bond motifs is 5. The molecule has 4 aromatic rings. The number of thioether (sulfide) groups is 1. The fraction of sp³-hybridized carbons (Fsp3) is 0.0625. The van der Waals surface area contributed by atoms with Gasteiger partial charge in [-0.15, -0.1) is 0 Å². The molecule has 0 fully saturated rings. The number of hydrogen-bond acceptors (Lipinski definition) is 4. The first-order valence-corrected chi connectivity index (χ1v) is 8.42. The molecule has 0 aliphatic carbocycles. The molecule has 0 radical (unpaired) electrons. The van der Waals surface area contributed by atoms with E-state index in [1.165, 1.54) is 11.8 Å². The van der Waals surface area contributed by atoms with Gasteiger partial charge in [0.15, 0.2) is 5.16 Å². The fourth-order valence-electron chi connectivity index (χ4n) is 2.53. The van der Waals surface area contributed by atoms with Crippen molar-refractivity contribution in [1.29, 1.82) is 5.26 Å². The van der Waals surface area contributed by atoms with Gasteiger partial charge in [-0.2, -0.15) is 5.26 Å². The minimum atomic E-state index is 0.358. The van der Waals surface area contributed by atoms with Gasteiger partial charge >= 0.3 is 0 Å². The number of halogens is 1. The molecule has 4 nitrogen and oxygen atoms in total. The molecule has 2 aromatic carbocycles. The van der Waals surface area contributed by atoms with Gasteiger partial charge in [-0.25, -0.2) is 9.97 Å². The Bertz CT molecular complexity index is 1060. The summed E-state index contributed by atoms with van der Waals surface area (Å²) in [5.41, 5.74) is 3.68. The molecule has 106 valence electrons. The highest BCUT2D eigenvalue weighted by atomic mass is 79.9. The number of nitriles is 1. The molecule has 0 bridgehead atoms. The molecule has 0 spiro atoms. The molecule has 4 rings (SSSR count). The van der Waals surface area contributed by atoms with Gasteiger partial charge in [0.2, 0.25) is 0 Å². The Morgan fingerprint density at radius 3 is 2.86 bits per heavy atom. The van der Waals surface area contributed by atoms with Crippen molar-refractivity contribution in [2.75, 3.05) is 5.75 Å². The van der Waals surface area contributed by atoms with Crippen LogP contribution in [-0.4, -0.2) is 20.1 Å². The first-order chi connectivity index (χ1) is 10.8. The highest BCUT2D eigenvalue weighted by molar-refractivity contribution is 9.10. The number of rotatable bonds is 2. The molecule has 0 atom stereocenters. The fourth-order valence-corrected chi connectivity index (χ4v) is 3.56. The summed E-state index contributed by atoms with van der Waals surface area (Å²) >= 11 is 4.94. The third-order valence-electron chi connectivity index (χ3n) is 3.43. The van der Waals surface area contributed by atoms with E-state index in [1.807, 2.05) is 46.9 Å². The van der Waals surface area contributed by atoms with Crippen LogP contribution in [0, 0.1) is 11.3 Å². The molecular formula is C16H9BrN4S. The maximum absolute atomic E-state index is 8.88. The lowest BCUT2D eigenvalue weighted by Gasteiger charge is -2.07. The molecule has 0 amide bonds. The zero-order valence-electron chi connectivity index (χ0n) is 11.3. The Morgan fingerprint density at radius 2 is 2.00 bits per heavy atom. The molecule has 0 saturated heterocycles. The lowest BCUT2D eigenvalue weighted by atomic mass is 10.2. The van der Waals surface area contributed by atoms with E-state index >= 15 is 0 Å². The smallest absolute Gasteiger partial charge is 0.175 e. The average Bonchev–Trinajstić information content (AvgIpc) is 2.93. The van der Waals surface area contributed by atoms with Crippen LogP contribution in [0.15, 0.2) is 52.1 Å². The van der Waals surface area contributed by atoms with Gasteiger partial charge in [0.1, 0.15) is 5.65 Å². The maximum Gasteiger partial charge on any atom is 0.175 e. The summed E-state index contributed by atoms with van der Waals surface area (Å²) in [6, 6.07) is 16.1. The number of imidazole rings is 1. The van der Waals surface area contributed by atoms with Crippen LogP contribution in [-0.2, 0) is 0 Å². The third kappa shape index (κ3) is 2.05. The second kappa shape index (κ2) is 5.27. The largest absolute Gasteiger partial charge is 0.271 e. The Hall–Kier alpha value is -2.10. The molecular weight excluding hydrogens is 360 g/mol. The Labute approximate surface area is 138 Å². The van der Waals surface area contributed by atoms with E-state index in [-0.39, 0.29) is 0 Å². The number of aromatic nitrogens is 3. The predicted octanol–water partition coefficient (Wildman–Crippen LogP) is 4.41. The standard InChI is InChI=1S/C16H9BrN4S/c17-10-5-6-12-11(9-10)15-19-13-3-1-2-4-14(13)21(15)16(20-12)22-8-7-18/h1-6,9H,8H2. The normalized spacial score (nSPS) is 11.3. The SMILES string of the molecule is N#CCSc1nc2ccc(Br)cc2c2nc3ccccc3n12. The number of nitrogens with zero attached hydrogens (tertiary/aromatic N) is 4. The van der Waals surface area contributed by atoms with Gasteiger partial charge < -0.3 is 0 Å². The van der Waals surface area contributed by atoms with E-state index in [4.69, 9.17) is 15.2 Å². The van der Waals surface area contributed by atoms with Crippen molar-refractivity contribution >= 4 is 55.3 Å². The molecule has 22 heavy (non-hydrogen) atoms. The van der Waals surface area contributed by atoms with Crippen molar-refractivity contribution in [3.63, 3.8) is 0 Å². The maximum atomic E-state index is 8.88. The molecule has 2 aromatic heterocycles. The molecule has 0 unspecified atom stereocenters. The van der Waals surface area contributed by atoms with Crippen molar-refractivity contribution in [1.82, 2.24) is 14.4 Å². The summed E-state index contributed by atoms with van der Waals surface area (Å²) in [4.78, 5) is 9.48. The first kappa shape index (κ1) is 13.6. The van der Waals surface area contributed by atoms with Crippen LogP contribution in [0.2, 0.25) is 0 Å². The van der Waals surface area contributed by atoms with Crippen LogP contribution < -0.4 is 0 Å². The van der Waals surface area contributed by atoms with Crippen LogP contribution in [0.1, 0.15) is 0 Å². The zero-order chi connectivity index (χ0) is 15.1. The molecule has 0 N–H and O–H groups in total. The van der Waals surface area contributed by atoms with Gasteiger partial charge in [0.25, 0.3) is 0 Å². The molecule has 0 aliphatic rings. The molecule has 0 saturated carbocycles. The van der Waals surface area contributed by atoms with Crippen LogP contribution in [0.3, 0.4) is 0 Å². The number of para-hydroxylation sites is 2. The van der Waals surface area contributed by atoms with E-state index < -0.39 is 0 Å². The van der Waals surface area contributed by atoms with Crippen LogP contribution in [0.25, 0.3) is 27.6 Å². The van der Waals surface area contributed by atoms with Gasteiger partial charge in [-0.05, 0) is 30.3 Å². The second-order valence-electron chi connectivity index (χ2n) is 4.76. The highest BCUT2D eigenvalue weighted by Crippen LogP contribution is 2.30. The van der Waals surface area contributed by atoms with Crippen LogP contribution in [0.5, 0.6) is 0 Å². The Kier molecular flexibility index (Phi) is 3.25. The van der Waals surface area contributed by atoms with Crippen molar-refractivity contribution in [2.45, 2.75) is 5.16 Å². The van der Waals surface area contributed by atoms with Crippen LogP contribution >= 0.6 is 27.7 Å². The average molecular weight is 369 g/mol. The first-order valence-electron chi connectivity index (χ1n) is 6.64. The zero-order valence-corrected chi connectivity index (χ0v) is 13.7. The lowest BCUT2D eigenvalue weighted by molar-refractivity contribution is 0.954. The summed E-state index contributed by atoms with van der Waals surface area (Å²) in [6.45, 7) is 0. The van der Waals surface area contributed by atoms with Crippen molar-refractivity contribution in [2.24, 2.45) is 0 Å². The topological polar surface area (TPSA) is 54.0 Å². The summed E-state index contributed by atoms with van der Waals surface area (Å²) in [7, 11) is 0. The monoisotopic (exact) mass is 368 g/mol. The number of hydrogen-bond donors (Lipinski definition) is 0. The van der Waals surface area contributed by atoms with Gasteiger partial charge in [-0.1, -0.05) is 39.8 Å². The van der Waals surface area contributed by atoms with Crippen molar-refractivity contribution < 1.29 is 0 Å². The van der Waals surface area contributed by atoms with Crippen molar-refractivity contribution in [3.05, 3.63) is 46.9 Å². The van der Waals surface area contributed by atoms with E-state index in [1.54, 1.807) is 0 Å². The minimum absolute atomic E-state index is 0.358. The second-order valence-corrected chi connectivity index (χ2v) is 6.62. The van der Waals surface area contributed by atoms with Crippen LogP contribution in [0.4, 0.5) is 0 Å². The van der Waals surface area contributed by atoms with Gasteiger partial charge in [-0.3, -0.25) is 4.40 Å². The third-order valence-corrected chi connectivity index (χ3v) is 4.73.